The molecule has 0 atom stereocenters. The highest BCUT2D eigenvalue weighted by Gasteiger charge is 2.13. The number of aliphatic hydroxyl groups is 1. The lowest BCUT2D eigenvalue weighted by atomic mass is 10.1. The van der Waals surface area contributed by atoms with Gasteiger partial charge in [0.05, 0.1) is 34.5 Å². The number of hydrogen-bond acceptors (Lipinski definition) is 6. The number of rotatable bonds is 11. The topological polar surface area (TPSA) is 84.8 Å². The zero-order valence-electron chi connectivity index (χ0n) is 19.9. The first kappa shape index (κ1) is 25.1. The van der Waals surface area contributed by atoms with Gasteiger partial charge in [0.1, 0.15) is 6.61 Å². The Morgan fingerprint density at radius 2 is 1.66 bits per heavy atom. The van der Waals surface area contributed by atoms with Crippen molar-refractivity contribution >= 4 is 5.96 Å². The van der Waals surface area contributed by atoms with E-state index in [1.807, 2.05) is 44.3 Å². The fraction of sp³-hybridized carbons (Fsp3) is 0.458. The van der Waals surface area contributed by atoms with E-state index < -0.39 is 0 Å². The molecule has 0 unspecified atom stereocenters. The second-order valence-electron chi connectivity index (χ2n) is 7.22. The van der Waals surface area contributed by atoms with Crippen LogP contribution in [0.25, 0.3) is 0 Å². The van der Waals surface area contributed by atoms with Crippen LogP contribution in [-0.2, 0) is 13.1 Å². The van der Waals surface area contributed by atoms with E-state index in [2.05, 4.69) is 17.1 Å². The molecule has 0 spiro atoms. The summed E-state index contributed by atoms with van der Waals surface area (Å²) in [5.74, 6) is 3.44. The van der Waals surface area contributed by atoms with Crippen molar-refractivity contribution in [3.8, 4) is 23.0 Å². The van der Waals surface area contributed by atoms with Crippen LogP contribution >= 0.6 is 0 Å². The Bertz CT molecular complexity index is 901. The Labute approximate surface area is 190 Å². The zero-order valence-corrected chi connectivity index (χ0v) is 19.9. The molecule has 0 saturated heterocycles. The van der Waals surface area contributed by atoms with E-state index in [1.54, 1.807) is 21.3 Å². The van der Waals surface area contributed by atoms with Crippen molar-refractivity contribution in [2.75, 3.05) is 48.1 Å². The van der Waals surface area contributed by atoms with Gasteiger partial charge < -0.3 is 34.3 Å². The summed E-state index contributed by atoms with van der Waals surface area (Å²) in [5.41, 5.74) is 3.24. The zero-order chi connectivity index (χ0) is 23.5. The number of ether oxygens (including phenoxy) is 4. The van der Waals surface area contributed by atoms with E-state index in [1.165, 1.54) is 0 Å². The van der Waals surface area contributed by atoms with E-state index in [0.717, 1.165) is 34.9 Å². The van der Waals surface area contributed by atoms with Gasteiger partial charge in [-0.15, -0.1) is 0 Å². The Balaban J connectivity index is 2.19. The van der Waals surface area contributed by atoms with Gasteiger partial charge in [-0.2, -0.15) is 0 Å². The molecule has 32 heavy (non-hydrogen) atoms. The quantitative estimate of drug-likeness (QED) is 0.406. The number of methoxy groups -OCH3 is 3. The minimum atomic E-state index is -0.0485. The fourth-order valence-corrected chi connectivity index (χ4v) is 3.24. The van der Waals surface area contributed by atoms with E-state index >= 15 is 0 Å². The molecule has 0 aliphatic carbocycles. The summed E-state index contributed by atoms with van der Waals surface area (Å²) in [5, 5.41) is 12.3. The maximum Gasteiger partial charge on any atom is 0.194 e. The Morgan fingerprint density at radius 3 is 2.28 bits per heavy atom. The number of guanidine groups is 1. The van der Waals surface area contributed by atoms with Crippen molar-refractivity contribution in [2.24, 2.45) is 4.99 Å². The van der Waals surface area contributed by atoms with Crippen LogP contribution < -0.4 is 24.3 Å². The van der Waals surface area contributed by atoms with Crippen LogP contribution in [0.1, 0.15) is 23.6 Å². The van der Waals surface area contributed by atoms with Crippen LogP contribution in [0.15, 0.2) is 35.3 Å². The van der Waals surface area contributed by atoms with Crippen LogP contribution in [0.2, 0.25) is 0 Å². The molecule has 0 heterocycles. The molecule has 2 N–H and O–H groups in total. The molecular weight excluding hydrogens is 410 g/mol. The Kier molecular flexibility index (Phi) is 9.94. The number of aliphatic hydroxyl groups excluding tert-OH is 1. The minimum absolute atomic E-state index is 0.0485. The van der Waals surface area contributed by atoms with Gasteiger partial charge in [-0.3, -0.25) is 0 Å². The largest absolute Gasteiger partial charge is 0.493 e. The van der Waals surface area contributed by atoms with Gasteiger partial charge in [0, 0.05) is 20.1 Å². The smallest absolute Gasteiger partial charge is 0.194 e. The molecule has 0 bridgehead atoms. The molecule has 2 aromatic carbocycles. The normalized spacial score (nSPS) is 11.2. The maximum atomic E-state index is 8.96. The number of nitrogens with one attached hydrogen (secondary N) is 1. The monoisotopic (exact) mass is 445 g/mol. The second-order valence-corrected chi connectivity index (χ2v) is 7.22. The minimum Gasteiger partial charge on any atom is -0.493 e. The van der Waals surface area contributed by atoms with Crippen LogP contribution in [0.5, 0.6) is 23.0 Å². The van der Waals surface area contributed by atoms with Gasteiger partial charge >= 0.3 is 0 Å². The molecule has 2 rings (SSSR count). The average molecular weight is 446 g/mol. The first-order valence-electron chi connectivity index (χ1n) is 10.6. The molecule has 0 fully saturated rings. The lowest BCUT2D eigenvalue weighted by Crippen LogP contribution is -2.38. The first-order valence-corrected chi connectivity index (χ1v) is 10.6. The number of hydrogen-bond donors (Lipinski definition) is 2. The summed E-state index contributed by atoms with van der Waals surface area (Å²) in [4.78, 5) is 6.87. The van der Waals surface area contributed by atoms with Crippen molar-refractivity contribution in [3.05, 3.63) is 47.0 Å². The molecule has 0 saturated carbocycles. The van der Waals surface area contributed by atoms with Crippen LogP contribution in [0.3, 0.4) is 0 Å². The maximum absolute atomic E-state index is 8.96. The summed E-state index contributed by atoms with van der Waals surface area (Å²) >= 11 is 0. The number of nitrogens with zero attached hydrogens (tertiary/aromatic N) is 2. The molecule has 0 aliphatic rings. The van der Waals surface area contributed by atoms with Crippen LogP contribution in [-0.4, -0.2) is 64.1 Å². The highest BCUT2D eigenvalue weighted by atomic mass is 16.5. The molecule has 2 aromatic rings. The molecular formula is C24H35N3O5. The van der Waals surface area contributed by atoms with Gasteiger partial charge in [-0.25, -0.2) is 4.99 Å². The second kappa shape index (κ2) is 12.7. The van der Waals surface area contributed by atoms with Gasteiger partial charge in [0.15, 0.2) is 29.0 Å². The van der Waals surface area contributed by atoms with E-state index in [4.69, 9.17) is 29.0 Å². The first-order chi connectivity index (χ1) is 15.5. The van der Waals surface area contributed by atoms with Crippen molar-refractivity contribution < 1.29 is 24.1 Å². The summed E-state index contributed by atoms with van der Waals surface area (Å²) in [6, 6.07) is 9.67. The van der Waals surface area contributed by atoms with E-state index in [9.17, 15) is 0 Å². The molecule has 8 heteroatoms. The number of benzene rings is 2. The Hall–Kier alpha value is -3.13. The van der Waals surface area contributed by atoms with Crippen LogP contribution in [0.4, 0.5) is 0 Å². The molecule has 0 aromatic heterocycles. The van der Waals surface area contributed by atoms with Crippen molar-refractivity contribution in [1.29, 1.82) is 0 Å². The third-order valence-electron chi connectivity index (χ3n) is 4.93. The van der Waals surface area contributed by atoms with Gasteiger partial charge in [-0.1, -0.05) is 6.07 Å². The average Bonchev–Trinajstić information content (AvgIpc) is 2.81. The fourth-order valence-electron chi connectivity index (χ4n) is 3.24. The third kappa shape index (κ3) is 6.68. The molecule has 0 amide bonds. The molecule has 0 radical (unpaired) electrons. The number of aliphatic imine (C=N–C) groups is 1. The highest BCUT2D eigenvalue weighted by molar-refractivity contribution is 5.79. The van der Waals surface area contributed by atoms with Crippen LogP contribution in [0, 0.1) is 6.92 Å². The lowest BCUT2D eigenvalue weighted by Gasteiger charge is -2.24. The van der Waals surface area contributed by atoms with Crippen molar-refractivity contribution in [3.63, 3.8) is 0 Å². The van der Waals surface area contributed by atoms with Gasteiger partial charge in [0.2, 0.25) is 0 Å². The summed E-state index contributed by atoms with van der Waals surface area (Å²) < 4.78 is 21.8. The predicted molar refractivity (Wildman–Crippen MR) is 126 cm³/mol. The van der Waals surface area contributed by atoms with E-state index in [0.29, 0.717) is 30.3 Å². The summed E-state index contributed by atoms with van der Waals surface area (Å²) in [6.07, 6.45) is 0. The van der Waals surface area contributed by atoms with Crippen molar-refractivity contribution in [1.82, 2.24) is 10.2 Å². The Morgan fingerprint density at radius 1 is 1.00 bits per heavy atom. The summed E-state index contributed by atoms with van der Waals surface area (Å²) in [7, 11) is 6.88. The van der Waals surface area contributed by atoms with Gasteiger partial charge in [-0.05, 0) is 54.8 Å². The molecule has 0 aliphatic heterocycles. The number of aryl methyl sites for hydroxylation is 1. The summed E-state index contributed by atoms with van der Waals surface area (Å²) in [6.45, 7) is 6.17. The van der Waals surface area contributed by atoms with E-state index in [-0.39, 0.29) is 13.2 Å². The molecule has 8 nitrogen and oxygen atoms in total. The predicted octanol–water partition coefficient (Wildman–Crippen LogP) is 2.99. The highest BCUT2D eigenvalue weighted by Crippen LogP contribution is 2.31. The lowest BCUT2D eigenvalue weighted by molar-refractivity contribution is 0.196. The van der Waals surface area contributed by atoms with Crippen molar-refractivity contribution in [2.45, 2.75) is 26.9 Å². The van der Waals surface area contributed by atoms with Gasteiger partial charge in [0.25, 0.3) is 0 Å². The molecule has 176 valence electrons. The SMILES string of the molecule is CCNC(=NCc1ccc(OCCO)c(OC)c1)N(C)Cc1cc(OC)c(OC)cc1C. The standard InChI is InChI=1S/C24H35N3O5/c1-7-25-24(26-15-18-8-9-20(32-11-10-28)22(13-18)30-5)27(3)16-19-14-23(31-6)21(29-4)12-17(19)2/h8-9,12-14,28H,7,10-11,15-16H2,1-6H3,(H,25,26). The third-order valence-corrected chi connectivity index (χ3v) is 4.93.